The van der Waals surface area contributed by atoms with E-state index in [9.17, 15) is 14.7 Å². The molecule has 3 aromatic rings. The van der Waals surface area contributed by atoms with Gasteiger partial charge in [0.05, 0.1) is 12.5 Å². The molecule has 6 heteroatoms. The number of carbonyl (C=O) groups excluding carboxylic acids is 1. The van der Waals surface area contributed by atoms with Crippen LogP contribution in [0.15, 0.2) is 77.3 Å². The molecule has 1 aliphatic carbocycles. The number of carbonyl (C=O) groups is 2. The highest BCUT2D eigenvalue weighted by Crippen LogP contribution is 2.44. The van der Waals surface area contributed by atoms with Gasteiger partial charge in [0.1, 0.15) is 6.61 Å². The van der Waals surface area contributed by atoms with Gasteiger partial charge in [-0.05, 0) is 33.9 Å². The maximum atomic E-state index is 12.6. The molecule has 4 rings (SSSR count). The van der Waals surface area contributed by atoms with Gasteiger partial charge in [-0.15, -0.1) is 0 Å². The molecule has 1 aliphatic rings. The largest absolute Gasteiger partial charge is 0.481 e. The smallest absolute Gasteiger partial charge is 0.407 e. The van der Waals surface area contributed by atoms with E-state index in [0.29, 0.717) is 5.56 Å². The van der Waals surface area contributed by atoms with E-state index in [-0.39, 0.29) is 18.9 Å². The highest BCUT2D eigenvalue weighted by molar-refractivity contribution is 9.10. The molecule has 0 aromatic heterocycles. The zero-order valence-corrected chi connectivity index (χ0v) is 17.6. The number of ether oxygens (including phenoxy) is 1. The standard InChI is InChI=1S/C24H20BrNO4/c25-21-12-6-5-11-19(21)22(13-23(27)28)26-24(29)30-14-20-17-9-3-1-7-15(17)16-8-2-4-10-18(16)20/h1-12,20,22H,13-14H2,(H,26,29)(H,27,28). The zero-order valence-electron chi connectivity index (χ0n) is 16.0. The van der Waals surface area contributed by atoms with Crippen LogP contribution in [0.4, 0.5) is 4.79 Å². The van der Waals surface area contributed by atoms with Crippen LogP contribution in [0.3, 0.4) is 0 Å². The summed E-state index contributed by atoms with van der Waals surface area (Å²) in [6.07, 6.45) is -0.883. The molecule has 0 radical (unpaired) electrons. The van der Waals surface area contributed by atoms with E-state index < -0.39 is 18.1 Å². The molecule has 3 aromatic carbocycles. The number of benzene rings is 3. The number of hydrogen-bond donors (Lipinski definition) is 2. The molecule has 0 fully saturated rings. The van der Waals surface area contributed by atoms with Crippen molar-refractivity contribution in [1.29, 1.82) is 0 Å². The van der Waals surface area contributed by atoms with Gasteiger partial charge in [0.25, 0.3) is 0 Å². The predicted molar refractivity (Wildman–Crippen MR) is 117 cm³/mol. The number of nitrogens with one attached hydrogen (secondary N) is 1. The number of carboxylic acids is 1. The lowest BCUT2D eigenvalue weighted by atomic mass is 9.98. The van der Waals surface area contributed by atoms with Crippen molar-refractivity contribution in [2.45, 2.75) is 18.4 Å². The Kier molecular flexibility index (Phi) is 5.86. The number of amides is 1. The van der Waals surface area contributed by atoms with E-state index in [1.54, 1.807) is 12.1 Å². The van der Waals surface area contributed by atoms with Crippen LogP contribution in [0, 0.1) is 0 Å². The second kappa shape index (κ2) is 8.71. The topological polar surface area (TPSA) is 75.6 Å². The molecule has 1 atom stereocenters. The van der Waals surface area contributed by atoms with Gasteiger partial charge in [0.2, 0.25) is 0 Å². The molecule has 30 heavy (non-hydrogen) atoms. The Hall–Kier alpha value is -3.12. The van der Waals surface area contributed by atoms with Crippen molar-refractivity contribution in [2.75, 3.05) is 6.61 Å². The summed E-state index contributed by atoms with van der Waals surface area (Å²) in [6, 6.07) is 22.7. The van der Waals surface area contributed by atoms with Crippen molar-refractivity contribution in [3.63, 3.8) is 0 Å². The third kappa shape index (κ3) is 4.09. The Labute approximate surface area is 182 Å². The molecule has 0 bridgehead atoms. The SMILES string of the molecule is O=C(O)CC(NC(=O)OCC1c2ccccc2-c2ccccc21)c1ccccc1Br. The van der Waals surface area contributed by atoms with Gasteiger partial charge in [-0.1, -0.05) is 82.7 Å². The fraction of sp³-hybridized carbons (Fsp3) is 0.167. The van der Waals surface area contributed by atoms with Crippen LogP contribution in [0.2, 0.25) is 0 Å². The fourth-order valence-corrected chi connectivity index (χ4v) is 4.51. The minimum atomic E-state index is -1.00. The predicted octanol–water partition coefficient (Wildman–Crippen LogP) is 5.50. The van der Waals surface area contributed by atoms with Gasteiger partial charge in [-0.3, -0.25) is 4.79 Å². The first-order valence-electron chi connectivity index (χ1n) is 9.62. The Morgan fingerprint density at radius 1 is 0.933 bits per heavy atom. The molecule has 0 saturated heterocycles. The molecule has 0 saturated carbocycles. The van der Waals surface area contributed by atoms with Crippen molar-refractivity contribution < 1.29 is 19.4 Å². The Bertz CT molecular complexity index is 1050. The number of aliphatic carboxylic acids is 1. The summed E-state index contributed by atoms with van der Waals surface area (Å²) in [5.74, 6) is -1.06. The Morgan fingerprint density at radius 3 is 2.10 bits per heavy atom. The highest BCUT2D eigenvalue weighted by Gasteiger charge is 2.29. The van der Waals surface area contributed by atoms with Crippen molar-refractivity contribution >= 4 is 28.0 Å². The summed E-state index contributed by atoms with van der Waals surface area (Å²) in [5, 5.41) is 12.0. The summed E-state index contributed by atoms with van der Waals surface area (Å²) in [7, 11) is 0. The van der Waals surface area contributed by atoms with Crippen molar-refractivity contribution in [3.8, 4) is 11.1 Å². The summed E-state index contributed by atoms with van der Waals surface area (Å²) in [4.78, 5) is 23.9. The second-order valence-electron chi connectivity index (χ2n) is 7.14. The summed E-state index contributed by atoms with van der Waals surface area (Å²) < 4.78 is 6.29. The van der Waals surface area contributed by atoms with E-state index >= 15 is 0 Å². The molecule has 1 amide bonds. The molecule has 5 nitrogen and oxygen atoms in total. The first-order chi connectivity index (χ1) is 14.5. The van der Waals surface area contributed by atoms with Crippen LogP contribution in [0.5, 0.6) is 0 Å². The van der Waals surface area contributed by atoms with Gasteiger partial charge in [0.15, 0.2) is 0 Å². The summed E-state index contributed by atoms with van der Waals surface area (Å²) in [5.41, 5.74) is 5.24. The summed E-state index contributed by atoms with van der Waals surface area (Å²) >= 11 is 3.42. The van der Waals surface area contributed by atoms with Crippen LogP contribution in [0.1, 0.15) is 35.1 Å². The Balaban J connectivity index is 1.49. The number of halogens is 1. The highest BCUT2D eigenvalue weighted by atomic mass is 79.9. The quantitative estimate of drug-likeness (QED) is 0.503. The van der Waals surface area contributed by atoms with E-state index in [1.165, 1.54) is 0 Å². The minimum absolute atomic E-state index is 0.0514. The molecule has 0 heterocycles. The maximum Gasteiger partial charge on any atom is 0.407 e. The van der Waals surface area contributed by atoms with Crippen LogP contribution in [0.25, 0.3) is 11.1 Å². The molecular formula is C24H20BrNO4. The molecule has 0 spiro atoms. The maximum absolute atomic E-state index is 12.6. The second-order valence-corrected chi connectivity index (χ2v) is 8.00. The third-order valence-corrected chi connectivity index (χ3v) is 6.02. The van der Waals surface area contributed by atoms with Gasteiger partial charge in [-0.25, -0.2) is 4.79 Å². The number of fused-ring (bicyclic) bond motifs is 3. The monoisotopic (exact) mass is 465 g/mol. The van der Waals surface area contributed by atoms with Crippen molar-refractivity contribution in [1.82, 2.24) is 5.32 Å². The van der Waals surface area contributed by atoms with Gasteiger partial charge in [-0.2, -0.15) is 0 Å². The van der Waals surface area contributed by atoms with Crippen LogP contribution < -0.4 is 5.32 Å². The lowest BCUT2D eigenvalue weighted by molar-refractivity contribution is -0.137. The average Bonchev–Trinajstić information content (AvgIpc) is 3.06. The van der Waals surface area contributed by atoms with Gasteiger partial charge >= 0.3 is 12.1 Å². The van der Waals surface area contributed by atoms with E-state index in [2.05, 4.69) is 45.5 Å². The van der Waals surface area contributed by atoms with Gasteiger partial charge in [0, 0.05) is 10.4 Å². The fourth-order valence-electron chi connectivity index (χ4n) is 3.95. The number of hydrogen-bond acceptors (Lipinski definition) is 3. The third-order valence-electron chi connectivity index (χ3n) is 5.30. The number of rotatable bonds is 6. The molecular weight excluding hydrogens is 446 g/mol. The van der Waals surface area contributed by atoms with Crippen LogP contribution >= 0.6 is 15.9 Å². The van der Waals surface area contributed by atoms with E-state index in [0.717, 1.165) is 26.7 Å². The number of carboxylic acid groups (broad SMARTS) is 1. The number of alkyl carbamates (subject to hydrolysis) is 1. The van der Waals surface area contributed by atoms with Crippen LogP contribution in [-0.2, 0) is 9.53 Å². The van der Waals surface area contributed by atoms with Gasteiger partial charge < -0.3 is 15.2 Å². The average molecular weight is 466 g/mol. The first-order valence-corrected chi connectivity index (χ1v) is 10.4. The zero-order chi connectivity index (χ0) is 21.1. The van der Waals surface area contributed by atoms with E-state index in [1.807, 2.05) is 36.4 Å². The Morgan fingerprint density at radius 2 is 1.50 bits per heavy atom. The molecule has 152 valence electrons. The molecule has 2 N–H and O–H groups in total. The summed E-state index contributed by atoms with van der Waals surface area (Å²) in [6.45, 7) is 0.176. The van der Waals surface area contributed by atoms with Crippen LogP contribution in [-0.4, -0.2) is 23.8 Å². The minimum Gasteiger partial charge on any atom is -0.481 e. The normalized spacial score (nSPS) is 13.2. The van der Waals surface area contributed by atoms with Crippen molar-refractivity contribution in [2.24, 2.45) is 0 Å². The lowest BCUT2D eigenvalue weighted by Gasteiger charge is -2.20. The molecule has 1 unspecified atom stereocenters. The lowest BCUT2D eigenvalue weighted by Crippen LogP contribution is -2.32. The van der Waals surface area contributed by atoms with E-state index in [4.69, 9.17) is 4.74 Å². The first kappa shape index (κ1) is 20.2. The van der Waals surface area contributed by atoms with Crippen molar-refractivity contribution in [3.05, 3.63) is 94.0 Å². The molecule has 0 aliphatic heterocycles.